The number of nitrogens with zero attached hydrogens (tertiary/aromatic N) is 1. The number of benzene rings is 1. The highest BCUT2D eigenvalue weighted by Crippen LogP contribution is 2.35. The highest BCUT2D eigenvalue weighted by Gasteiger charge is 2.28. The minimum Gasteiger partial charge on any atom is -0.506 e. The zero-order chi connectivity index (χ0) is 19.7. The van der Waals surface area contributed by atoms with Crippen LogP contribution in [0.15, 0.2) is 16.9 Å². The first kappa shape index (κ1) is 19.4. The SMILES string of the molecule is CC[NH+](CC)CCNC(=O)c1c(O)c2cc(F)cc3c2n(c1=O)C(C)CC3. The van der Waals surface area contributed by atoms with Crippen LogP contribution in [0.4, 0.5) is 4.39 Å². The van der Waals surface area contributed by atoms with Crippen molar-refractivity contribution in [3.63, 3.8) is 0 Å². The molecule has 7 heteroatoms. The van der Waals surface area contributed by atoms with Crippen LogP contribution in [0.1, 0.15) is 49.2 Å². The fourth-order valence-electron chi connectivity index (χ4n) is 3.93. The van der Waals surface area contributed by atoms with Crippen LogP contribution < -0.4 is 15.8 Å². The highest BCUT2D eigenvalue weighted by molar-refractivity contribution is 6.03. The molecule has 6 nitrogen and oxygen atoms in total. The van der Waals surface area contributed by atoms with Crippen molar-refractivity contribution < 1.29 is 19.2 Å². The summed E-state index contributed by atoms with van der Waals surface area (Å²) in [6.45, 7) is 9.06. The average Bonchev–Trinajstić information content (AvgIpc) is 2.64. The summed E-state index contributed by atoms with van der Waals surface area (Å²) in [6.07, 6.45) is 1.31. The lowest BCUT2D eigenvalue weighted by molar-refractivity contribution is -0.895. The molecule has 0 fully saturated rings. The molecule has 0 radical (unpaired) electrons. The van der Waals surface area contributed by atoms with Crippen LogP contribution in [-0.4, -0.2) is 41.8 Å². The standard InChI is InChI=1S/C20H26FN3O3/c1-4-23(5-2)9-8-22-19(26)16-18(25)15-11-14(21)10-13-7-6-12(3)24(17(13)15)20(16)27/h10-12,25H,4-9H2,1-3H3,(H,22,26)/p+1. The number of amides is 1. The van der Waals surface area contributed by atoms with Gasteiger partial charge >= 0.3 is 0 Å². The van der Waals surface area contributed by atoms with Crippen molar-refractivity contribution >= 4 is 16.8 Å². The maximum Gasteiger partial charge on any atom is 0.267 e. The van der Waals surface area contributed by atoms with E-state index in [1.807, 2.05) is 6.92 Å². The Morgan fingerprint density at radius 1 is 1.37 bits per heavy atom. The van der Waals surface area contributed by atoms with Gasteiger partial charge in [0.2, 0.25) is 0 Å². The Morgan fingerprint density at radius 2 is 2.07 bits per heavy atom. The predicted octanol–water partition coefficient (Wildman–Crippen LogP) is 1.01. The van der Waals surface area contributed by atoms with Gasteiger partial charge in [-0.2, -0.15) is 0 Å². The van der Waals surface area contributed by atoms with E-state index in [-0.39, 0.29) is 17.0 Å². The van der Waals surface area contributed by atoms with E-state index in [0.717, 1.165) is 19.6 Å². The molecule has 2 heterocycles. The van der Waals surface area contributed by atoms with Gasteiger partial charge in [0.1, 0.15) is 17.1 Å². The molecule has 1 aliphatic rings. The maximum atomic E-state index is 14.0. The van der Waals surface area contributed by atoms with E-state index in [9.17, 15) is 19.1 Å². The zero-order valence-corrected chi connectivity index (χ0v) is 16.1. The molecule has 1 aliphatic heterocycles. The predicted molar refractivity (Wildman–Crippen MR) is 102 cm³/mol. The number of carbonyl (C=O) groups excluding carboxylic acids is 1. The van der Waals surface area contributed by atoms with Crippen LogP contribution >= 0.6 is 0 Å². The highest BCUT2D eigenvalue weighted by atomic mass is 19.1. The Labute approximate surface area is 157 Å². The summed E-state index contributed by atoms with van der Waals surface area (Å²) < 4.78 is 15.5. The molecule has 27 heavy (non-hydrogen) atoms. The summed E-state index contributed by atoms with van der Waals surface area (Å²) in [4.78, 5) is 27.0. The van der Waals surface area contributed by atoms with Gasteiger partial charge in [0.05, 0.1) is 31.7 Å². The van der Waals surface area contributed by atoms with Crippen molar-refractivity contribution in [3.8, 4) is 5.75 Å². The van der Waals surface area contributed by atoms with Gasteiger partial charge in [-0.3, -0.25) is 9.59 Å². The number of carbonyl (C=O) groups is 1. The molecule has 2 aromatic rings. The van der Waals surface area contributed by atoms with E-state index < -0.39 is 23.0 Å². The third kappa shape index (κ3) is 3.43. The number of aromatic hydroxyl groups is 1. The minimum absolute atomic E-state index is 0.120. The molecule has 0 aliphatic carbocycles. The van der Waals surface area contributed by atoms with E-state index in [0.29, 0.717) is 30.5 Å². The van der Waals surface area contributed by atoms with Crippen LogP contribution in [0.25, 0.3) is 10.9 Å². The summed E-state index contributed by atoms with van der Waals surface area (Å²) in [5.74, 6) is -1.53. The van der Waals surface area contributed by atoms with Gasteiger partial charge in [0, 0.05) is 11.4 Å². The molecule has 0 saturated carbocycles. The van der Waals surface area contributed by atoms with Crippen molar-refractivity contribution in [2.45, 2.75) is 39.7 Å². The molecule has 1 atom stereocenters. The zero-order valence-electron chi connectivity index (χ0n) is 16.1. The van der Waals surface area contributed by atoms with E-state index in [1.54, 1.807) is 0 Å². The summed E-state index contributed by atoms with van der Waals surface area (Å²) >= 11 is 0. The number of nitrogens with one attached hydrogen (secondary N) is 2. The number of aromatic nitrogens is 1. The minimum atomic E-state index is -0.613. The number of quaternary nitrogens is 1. The first-order valence-electron chi connectivity index (χ1n) is 9.60. The molecule has 1 aromatic carbocycles. The largest absolute Gasteiger partial charge is 0.506 e. The molecule has 1 unspecified atom stereocenters. The molecule has 3 N–H and O–H groups in total. The lowest BCUT2D eigenvalue weighted by atomic mass is 9.95. The third-order valence-electron chi connectivity index (χ3n) is 5.58. The Balaban J connectivity index is 2.04. The van der Waals surface area contributed by atoms with E-state index in [1.165, 1.54) is 21.6 Å². The molecule has 146 valence electrons. The van der Waals surface area contributed by atoms with Crippen molar-refractivity contribution in [1.82, 2.24) is 9.88 Å². The van der Waals surface area contributed by atoms with Crippen LogP contribution in [0.5, 0.6) is 5.75 Å². The van der Waals surface area contributed by atoms with Gasteiger partial charge in [-0.25, -0.2) is 4.39 Å². The van der Waals surface area contributed by atoms with Gasteiger partial charge in [0.25, 0.3) is 11.5 Å². The molecule has 0 bridgehead atoms. The number of hydrogen-bond acceptors (Lipinski definition) is 3. The molecule has 0 spiro atoms. The van der Waals surface area contributed by atoms with E-state index in [4.69, 9.17) is 0 Å². The van der Waals surface area contributed by atoms with Crippen molar-refractivity contribution in [2.75, 3.05) is 26.2 Å². The Bertz CT molecular complexity index is 934. The van der Waals surface area contributed by atoms with Crippen LogP contribution in [0, 0.1) is 5.82 Å². The van der Waals surface area contributed by atoms with Gasteiger partial charge in [-0.1, -0.05) is 0 Å². The van der Waals surface area contributed by atoms with Gasteiger partial charge in [-0.15, -0.1) is 0 Å². The number of hydrogen-bond donors (Lipinski definition) is 3. The quantitative estimate of drug-likeness (QED) is 0.704. The summed E-state index contributed by atoms with van der Waals surface area (Å²) in [7, 11) is 0. The molecule has 1 aromatic heterocycles. The molecular formula is C20H27FN3O3+. The second-order valence-electron chi connectivity index (χ2n) is 7.21. The number of rotatable bonds is 6. The number of likely N-dealkylation sites (N-methyl/N-ethyl adjacent to an activating group) is 1. The molecule has 1 amide bonds. The van der Waals surface area contributed by atoms with Crippen molar-refractivity contribution in [1.29, 1.82) is 0 Å². The van der Waals surface area contributed by atoms with Crippen LogP contribution in [0.2, 0.25) is 0 Å². The summed E-state index contributed by atoms with van der Waals surface area (Å²) in [5, 5.41) is 13.6. The van der Waals surface area contributed by atoms with Gasteiger partial charge in [0.15, 0.2) is 0 Å². The number of pyridine rings is 1. The first-order chi connectivity index (χ1) is 12.9. The Hall–Kier alpha value is -2.41. The Morgan fingerprint density at radius 3 is 2.74 bits per heavy atom. The van der Waals surface area contributed by atoms with Crippen LogP contribution in [0.3, 0.4) is 0 Å². The van der Waals surface area contributed by atoms with Crippen molar-refractivity contribution in [3.05, 3.63) is 39.4 Å². The maximum absolute atomic E-state index is 14.0. The normalized spacial score (nSPS) is 16.1. The molecule has 0 saturated heterocycles. The van der Waals surface area contributed by atoms with Crippen molar-refractivity contribution in [2.24, 2.45) is 0 Å². The van der Waals surface area contributed by atoms with E-state index in [2.05, 4.69) is 19.2 Å². The second-order valence-corrected chi connectivity index (χ2v) is 7.21. The lowest BCUT2D eigenvalue weighted by Gasteiger charge is -2.26. The van der Waals surface area contributed by atoms with Gasteiger partial charge < -0.3 is 19.9 Å². The van der Waals surface area contributed by atoms with E-state index >= 15 is 0 Å². The lowest BCUT2D eigenvalue weighted by Crippen LogP contribution is -3.12. The monoisotopic (exact) mass is 376 g/mol. The molecular weight excluding hydrogens is 349 g/mol. The second kappa shape index (κ2) is 7.68. The smallest absolute Gasteiger partial charge is 0.267 e. The Kier molecular flexibility index (Phi) is 5.51. The number of aryl methyl sites for hydroxylation is 1. The average molecular weight is 376 g/mol. The van der Waals surface area contributed by atoms with Crippen LogP contribution in [-0.2, 0) is 6.42 Å². The summed E-state index contributed by atoms with van der Waals surface area (Å²) in [6, 6.07) is 2.47. The third-order valence-corrected chi connectivity index (χ3v) is 5.58. The number of halogens is 1. The fraction of sp³-hybridized carbons (Fsp3) is 0.500. The molecule has 3 rings (SSSR count). The van der Waals surface area contributed by atoms with Gasteiger partial charge in [-0.05, 0) is 51.3 Å². The summed E-state index contributed by atoms with van der Waals surface area (Å²) in [5.41, 5.74) is 0.393. The fourth-order valence-corrected chi connectivity index (χ4v) is 3.93. The first-order valence-corrected chi connectivity index (χ1v) is 9.60. The topological polar surface area (TPSA) is 75.8 Å².